The smallest absolute Gasteiger partial charge is 0.406 e. The van der Waals surface area contributed by atoms with Crippen LogP contribution in [0.1, 0.15) is 5.56 Å². The van der Waals surface area contributed by atoms with Crippen molar-refractivity contribution in [1.82, 2.24) is 9.97 Å². The molecule has 0 spiro atoms. The molecule has 1 heterocycles. The lowest BCUT2D eigenvalue weighted by Gasteiger charge is -2.12. The van der Waals surface area contributed by atoms with Gasteiger partial charge in [-0.25, -0.2) is 4.98 Å². The summed E-state index contributed by atoms with van der Waals surface area (Å²) in [6.45, 7) is 0. The highest BCUT2D eigenvalue weighted by atomic mass is 19.4. The molecule has 0 aliphatic carbocycles. The number of ether oxygens (including phenoxy) is 1. The maximum atomic E-state index is 12.5. The molecule has 0 radical (unpaired) electrons. The summed E-state index contributed by atoms with van der Waals surface area (Å²) in [4.78, 5) is 8.56. The molecule has 3 aromatic rings. The number of nitrogens with zero attached hydrogens (tertiary/aromatic N) is 3. The molecule has 0 amide bonds. The van der Waals surface area contributed by atoms with Crippen LogP contribution in [0.25, 0.3) is 11.3 Å². The quantitative estimate of drug-likeness (QED) is 0.663. The zero-order chi connectivity index (χ0) is 20.1. The molecule has 0 saturated carbocycles. The summed E-state index contributed by atoms with van der Waals surface area (Å²) in [7, 11) is 1.62. The summed E-state index contributed by atoms with van der Waals surface area (Å²) in [5, 5.41) is 15.1. The molecular formula is C19H14F3N5O. The second-order valence-electron chi connectivity index (χ2n) is 5.57. The Morgan fingerprint density at radius 3 is 2.54 bits per heavy atom. The molecular weight excluding hydrogens is 371 g/mol. The summed E-state index contributed by atoms with van der Waals surface area (Å²) < 4.78 is 41.4. The summed E-state index contributed by atoms with van der Waals surface area (Å²) >= 11 is 0. The number of nitrogens with one attached hydrogen (secondary N) is 2. The van der Waals surface area contributed by atoms with E-state index in [0.29, 0.717) is 28.3 Å². The van der Waals surface area contributed by atoms with E-state index in [9.17, 15) is 18.4 Å². The third kappa shape index (κ3) is 4.67. The lowest BCUT2D eigenvalue weighted by molar-refractivity contribution is -0.274. The minimum atomic E-state index is -4.78. The predicted molar refractivity (Wildman–Crippen MR) is 98.1 cm³/mol. The Balaban J connectivity index is 1.98. The van der Waals surface area contributed by atoms with Gasteiger partial charge in [0, 0.05) is 18.7 Å². The monoisotopic (exact) mass is 385 g/mol. The fourth-order valence-electron chi connectivity index (χ4n) is 2.45. The van der Waals surface area contributed by atoms with Crippen molar-refractivity contribution < 1.29 is 17.9 Å². The zero-order valence-electron chi connectivity index (χ0n) is 14.6. The number of hydrogen-bond acceptors (Lipinski definition) is 6. The second kappa shape index (κ2) is 7.84. The molecule has 2 aromatic carbocycles. The average molecular weight is 385 g/mol. The Morgan fingerprint density at radius 2 is 1.82 bits per heavy atom. The molecule has 0 bridgehead atoms. The van der Waals surface area contributed by atoms with Gasteiger partial charge in [-0.1, -0.05) is 24.3 Å². The molecule has 3 rings (SSSR count). The van der Waals surface area contributed by atoms with Gasteiger partial charge in [0.1, 0.15) is 17.6 Å². The fraction of sp³-hybridized carbons (Fsp3) is 0.105. The molecule has 28 heavy (non-hydrogen) atoms. The molecule has 0 saturated heterocycles. The first-order valence-electron chi connectivity index (χ1n) is 8.07. The van der Waals surface area contributed by atoms with Gasteiger partial charge in [-0.05, 0) is 24.3 Å². The van der Waals surface area contributed by atoms with Crippen molar-refractivity contribution >= 4 is 17.5 Å². The number of rotatable bonds is 5. The van der Waals surface area contributed by atoms with Gasteiger partial charge in [-0.15, -0.1) is 13.2 Å². The first-order chi connectivity index (χ1) is 13.4. The molecule has 0 unspecified atom stereocenters. The van der Waals surface area contributed by atoms with Crippen LogP contribution in [0.3, 0.4) is 0 Å². The van der Waals surface area contributed by atoms with Crippen molar-refractivity contribution in [3.05, 3.63) is 60.2 Å². The zero-order valence-corrected chi connectivity index (χ0v) is 14.6. The average Bonchev–Trinajstić information content (AvgIpc) is 2.67. The van der Waals surface area contributed by atoms with Crippen LogP contribution in [0.2, 0.25) is 0 Å². The topological polar surface area (TPSA) is 82.9 Å². The van der Waals surface area contributed by atoms with Gasteiger partial charge in [0.25, 0.3) is 0 Å². The number of alkyl halides is 3. The van der Waals surface area contributed by atoms with E-state index in [1.54, 1.807) is 43.4 Å². The summed E-state index contributed by atoms with van der Waals surface area (Å²) in [6.07, 6.45) is -4.78. The van der Waals surface area contributed by atoms with E-state index in [4.69, 9.17) is 0 Å². The SMILES string of the molecule is CNc1nc(Nc2ccccc2C#N)cc(-c2cccc(OC(F)(F)F)c2)n1. The highest BCUT2D eigenvalue weighted by Gasteiger charge is 2.31. The van der Waals surface area contributed by atoms with Crippen molar-refractivity contribution in [3.63, 3.8) is 0 Å². The van der Waals surface area contributed by atoms with Crippen LogP contribution in [0.4, 0.5) is 30.6 Å². The van der Waals surface area contributed by atoms with Gasteiger partial charge in [0.15, 0.2) is 0 Å². The highest BCUT2D eigenvalue weighted by molar-refractivity contribution is 5.70. The molecule has 0 aliphatic heterocycles. The maximum Gasteiger partial charge on any atom is 0.573 e. The number of anilines is 3. The van der Waals surface area contributed by atoms with Gasteiger partial charge < -0.3 is 15.4 Å². The number of para-hydroxylation sites is 1. The Kier molecular flexibility index (Phi) is 5.31. The first kappa shape index (κ1) is 19.0. The number of halogens is 3. The van der Waals surface area contributed by atoms with E-state index in [0.717, 1.165) is 0 Å². The van der Waals surface area contributed by atoms with Crippen molar-refractivity contribution in [2.45, 2.75) is 6.36 Å². The summed E-state index contributed by atoms with van der Waals surface area (Å²) in [6, 6.07) is 16.0. The van der Waals surface area contributed by atoms with E-state index in [1.807, 2.05) is 0 Å². The fourth-order valence-corrected chi connectivity index (χ4v) is 2.45. The number of benzene rings is 2. The van der Waals surface area contributed by atoms with Crippen LogP contribution in [0.15, 0.2) is 54.6 Å². The summed E-state index contributed by atoms with van der Waals surface area (Å²) in [5.74, 6) is 0.287. The molecule has 1 aromatic heterocycles. The molecule has 6 nitrogen and oxygen atoms in total. The molecule has 9 heteroatoms. The van der Waals surface area contributed by atoms with Gasteiger partial charge in [0.2, 0.25) is 5.95 Å². The third-order valence-electron chi connectivity index (χ3n) is 3.62. The van der Waals surface area contributed by atoms with Crippen molar-refractivity contribution in [2.24, 2.45) is 0 Å². The largest absolute Gasteiger partial charge is 0.573 e. The van der Waals surface area contributed by atoms with Gasteiger partial charge in [-0.2, -0.15) is 10.2 Å². The second-order valence-corrected chi connectivity index (χ2v) is 5.57. The van der Waals surface area contributed by atoms with Crippen LogP contribution >= 0.6 is 0 Å². The Hall–Kier alpha value is -3.80. The minimum Gasteiger partial charge on any atom is -0.406 e. The number of nitriles is 1. The maximum absolute atomic E-state index is 12.5. The lowest BCUT2D eigenvalue weighted by atomic mass is 10.1. The Bertz CT molecular complexity index is 1030. The Labute approximate surface area is 158 Å². The molecule has 0 fully saturated rings. The van der Waals surface area contributed by atoms with Crippen molar-refractivity contribution in [3.8, 4) is 23.1 Å². The molecule has 2 N–H and O–H groups in total. The van der Waals surface area contributed by atoms with E-state index in [-0.39, 0.29) is 11.7 Å². The van der Waals surface area contributed by atoms with Gasteiger partial charge in [0.05, 0.1) is 16.9 Å². The van der Waals surface area contributed by atoms with Crippen LogP contribution in [0.5, 0.6) is 5.75 Å². The van der Waals surface area contributed by atoms with Gasteiger partial charge >= 0.3 is 6.36 Å². The highest BCUT2D eigenvalue weighted by Crippen LogP contribution is 2.29. The van der Waals surface area contributed by atoms with Crippen LogP contribution < -0.4 is 15.4 Å². The van der Waals surface area contributed by atoms with Crippen molar-refractivity contribution in [1.29, 1.82) is 5.26 Å². The van der Waals surface area contributed by atoms with Gasteiger partial charge in [-0.3, -0.25) is 0 Å². The van der Waals surface area contributed by atoms with E-state index in [1.165, 1.54) is 18.2 Å². The summed E-state index contributed by atoms with van der Waals surface area (Å²) in [5.41, 5.74) is 1.77. The standard InChI is InChI=1S/C19H14F3N5O/c1-24-18-26-16(12-6-4-7-14(9-12)28-19(20,21)22)10-17(27-18)25-15-8-3-2-5-13(15)11-23/h2-10H,1H3,(H2,24,25,26,27). The normalized spacial score (nSPS) is 10.8. The van der Waals surface area contributed by atoms with Crippen LogP contribution in [-0.2, 0) is 0 Å². The Morgan fingerprint density at radius 1 is 1.04 bits per heavy atom. The first-order valence-corrected chi connectivity index (χ1v) is 8.07. The molecule has 0 atom stereocenters. The lowest BCUT2D eigenvalue weighted by Crippen LogP contribution is -2.17. The predicted octanol–water partition coefficient (Wildman–Crippen LogP) is 4.70. The molecule has 0 aliphatic rings. The number of hydrogen-bond donors (Lipinski definition) is 2. The molecule has 142 valence electrons. The van der Waals surface area contributed by atoms with E-state index in [2.05, 4.69) is 31.4 Å². The minimum absolute atomic E-state index is 0.261. The van der Waals surface area contributed by atoms with E-state index < -0.39 is 6.36 Å². The van der Waals surface area contributed by atoms with E-state index >= 15 is 0 Å². The van der Waals surface area contributed by atoms with Crippen LogP contribution in [0, 0.1) is 11.3 Å². The third-order valence-corrected chi connectivity index (χ3v) is 3.62. The van der Waals surface area contributed by atoms with Crippen molar-refractivity contribution in [2.75, 3.05) is 17.7 Å². The van der Waals surface area contributed by atoms with Crippen LogP contribution in [-0.4, -0.2) is 23.4 Å². The number of aromatic nitrogens is 2.